The molecule has 1 aliphatic heterocycles. The molecule has 7 heteroatoms. The van der Waals surface area contributed by atoms with Crippen molar-refractivity contribution in [2.24, 2.45) is 5.92 Å². The minimum Gasteiger partial charge on any atom is -0.382 e. The molecule has 0 radical (unpaired) electrons. The number of ether oxygens (including phenoxy) is 1. The van der Waals surface area contributed by atoms with Gasteiger partial charge < -0.3 is 14.2 Å². The summed E-state index contributed by atoms with van der Waals surface area (Å²) in [6.07, 6.45) is 3.68. The highest BCUT2D eigenvalue weighted by atomic mass is 32.2. The molecule has 0 saturated carbocycles. The molecule has 3 rings (SSSR count). The lowest BCUT2D eigenvalue weighted by atomic mass is 9.95. The fourth-order valence-electron chi connectivity index (χ4n) is 4.19. The van der Waals surface area contributed by atoms with Gasteiger partial charge in [-0.2, -0.15) is 0 Å². The molecule has 1 aliphatic rings. The zero-order chi connectivity index (χ0) is 25.3. The van der Waals surface area contributed by atoms with Crippen molar-refractivity contribution < 1.29 is 8.95 Å². The summed E-state index contributed by atoms with van der Waals surface area (Å²) < 4.78 is 22.0. The van der Waals surface area contributed by atoms with E-state index in [4.69, 9.17) is 9.72 Å². The Labute approximate surface area is 210 Å². The van der Waals surface area contributed by atoms with E-state index in [1.807, 2.05) is 18.3 Å². The van der Waals surface area contributed by atoms with Crippen molar-refractivity contribution in [3.05, 3.63) is 24.0 Å². The van der Waals surface area contributed by atoms with Crippen LogP contribution in [0.4, 0.5) is 5.69 Å². The van der Waals surface area contributed by atoms with Gasteiger partial charge in [-0.1, -0.05) is 41.5 Å². The number of nitrogens with zero attached hydrogens (tertiary/aromatic N) is 4. The van der Waals surface area contributed by atoms with Gasteiger partial charge in [0.2, 0.25) is 0 Å². The van der Waals surface area contributed by atoms with E-state index in [1.165, 1.54) is 18.4 Å². The summed E-state index contributed by atoms with van der Waals surface area (Å²) in [6.45, 7) is 21.2. The Morgan fingerprint density at radius 3 is 2.38 bits per heavy atom. The largest absolute Gasteiger partial charge is 0.382 e. The second kappa shape index (κ2) is 13.6. The first kappa shape index (κ1) is 28.8. The third kappa shape index (κ3) is 8.35. The Morgan fingerprint density at radius 1 is 1.18 bits per heavy atom. The zero-order valence-electron chi connectivity index (χ0n) is 22.9. The molecule has 1 saturated heterocycles. The van der Waals surface area contributed by atoms with Gasteiger partial charge in [0.1, 0.15) is 16.8 Å². The highest BCUT2D eigenvalue weighted by Gasteiger charge is 2.24. The molecule has 0 aliphatic carbocycles. The second-order valence-corrected chi connectivity index (χ2v) is 12.2. The molecule has 194 valence electrons. The lowest BCUT2D eigenvalue weighted by Crippen LogP contribution is -2.30. The van der Waals surface area contributed by atoms with Crippen LogP contribution >= 0.6 is 0 Å². The van der Waals surface area contributed by atoms with Gasteiger partial charge in [0.15, 0.2) is 0 Å². The second-order valence-electron chi connectivity index (χ2n) is 10.6. The first-order valence-corrected chi connectivity index (χ1v) is 14.3. The van der Waals surface area contributed by atoms with Crippen LogP contribution in [0, 0.1) is 5.92 Å². The summed E-state index contributed by atoms with van der Waals surface area (Å²) in [5.41, 5.74) is 3.12. The number of anilines is 1. The van der Waals surface area contributed by atoms with Crippen molar-refractivity contribution in [3.8, 4) is 0 Å². The predicted molar refractivity (Wildman–Crippen MR) is 147 cm³/mol. The zero-order valence-corrected chi connectivity index (χ0v) is 23.7. The smallest absolute Gasteiger partial charge is 0.120 e. The van der Waals surface area contributed by atoms with Crippen LogP contribution in [0.2, 0.25) is 0 Å². The fraction of sp³-hybridized carbons (Fsp3) is 0.741. The number of likely N-dealkylation sites (tertiary alicyclic amines) is 1. The van der Waals surface area contributed by atoms with Gasteiger partial charge in [0, 0.05) is 38.8 Å². The highest BCUT2D eigenvalue weighted by Crippen LogP contribution is 2.30. The molecule has 2 heterocycles. The van der Waals surface area contributed by atoms with Crippen molar-refractivity contribution in [3.63, 3.8) is 0 Å². The standard InChI is InChI=1S/C22H36N4OS.C5H12O/c1-17(2)16-26-20-10-9-18(15-19(20)23-21(26)22(3,4)5)24(6)28(27)14-13-25-11-7-8-12-25;1-3-5-6-4-2/h9-10,15,17H,7-8,11-14,16H2,1-6H3;3-5H2,1-2H3. The summed E-state index contributed by atoms with van der Waals surface area (Å²) in [6, 6.07) is 6.32. The average Bonchev–Trinajstić information content (AvgIpc) is 3.43. The van der Waals surface area contributed by atoms with Crippen molar-refractivity contribution in [1.82, 2.24) is 14.5 Å². The van der Waals surface area contributed by atoms with E-state index in [0.717, 1.165) is 62.8 Å². The van der Waals surface area contributed by atoms with E-state index < -0.39 is 11.0 Å². The number of fused-ring (bicyclic) bond motifs is 1. The monoisotopic (exact) mass is 492 g/mol. The van der Waals surface area contributed by atoms with Gasteiger partial charge in [-0.25, -0.2) is 9.19 Å². The van der Waals surface area contributed by atoms with E-state index in [9.17, 15) is 4.21 Å². The molecular weight excluding hydrogens is 444 g/mol. The Morgan fingerprint density at radius 2 is 1.85 bits per heavy atom. The minimum absolute atomic E-state index is 0.0154. The molecular formula is C27H48N4O2S. The maximum absolute atomic E-state index is 12.8. The number of rotatable bonds is 10. The number of hydrogen-bond acceptors (Lipinski definition) is 4. The predicted octanol–water partition coefficient (Wildman–Crippen LogP) is 5.62. The summed E-state index contributed by atoms with van der Waals surface area (Å²) in [5, 5.41) is 0. The van der Waals surface area contributed by atoms with E-state index in [-0.39, 0.29) is 5.41 Å². The molecule has 0 bridgehead atoms. The summed E-state index contributed by atoms with van der Waals surface area (Å²) in [4.78, 5) is 7.39. The van der Waals surface area contributed by atoms with E-state index >= 15 is 0 Å². The fourth-order valence-corrected chi connectivity index (χ4v) is 5.23. The first-order chi connectivity index (χ1) is 16.1. The van der Waals surface area contributed by atoms with Crippen LogP contribution in [-0.4, -0.2) is 64.3 Å². The summed E-state index contributed by atoms with van der Waals surface area (Å²) >= 11 is 0. The highest BCUT2D eigenvalue weighted by molar-refractivity contribution is 7.86. The Bertz CT molecular complexity index is 894. The van der Waals surface area contributed by atoms with Crippen LogP contribution in [0.5, 0.6) is 0 Å². The molecule has 1 atom stereocenters. The van der Waals surface area contributed by atoms with Gasteiger partial charge >= 0.3 is 0 Å². The van der Waals surface area contributed by atoms with E-state index in [0.29, 0.717) is 11.7 Å². The molecule has 6 nitrogen and oxygen atoms in total. The van der Waals surface area contributed by atoms with Gasteiger partial charge in [-0.3, -0.25) is 4.31 Å². The van der Waals surface area contributed by atoms with Gasteiger partial charge in [-0.15, -0.1) is 0 Å². The van der Waals surface area contributed by atoms with Crippen molar-refractivity contribution in [2.45, 2.75) is 79.7 Å². The lowest BCUT2D eigenvalue weighted by Gasteiger charge is -2.21. The number of aromatic nitrogens is 2. The molecule has 1 aromatic carbocycles. The number of benzene rings is 1. The molecule has 1 unspecified atom stereocenters. The third-order valence-electron chi connectivity index (χ3n) is 5.95. The summed E-state index contributed by atoms with van der Waals surface area (Å²) in [7, 11) is 0.905. The van der Waals surface area contributed by atoms with Gasteiger partial charge in [0.05, 0.1) is 22.5 Å². The minimum atomic E-state index is -1.02. The normalized spacial score (nSPS) is 15.6. The van der Waals surface area contributed by atoms with Crippen molar-refractivity contribution >= 4 is 27.7 Å². The first-order valence-electron chi connectivity index (χ1n) is 13.0. The summed E-state index contributed by atoms with van der Waals surface area (Å²) in [5.74, 6) is 2.36. The van der Waals surface area contributed by atoms with Crippen LogP contribution in [0.25, 0.3) is 11.0 Å². The Hall–Kier alpha value is -1.44. The van der Waals surface area contributed by atoms with Crippen LogP contribution in [0.1, 0.15) is 73.6 Å². The lowest BCUT2D eigenvalue weighted by molar-refractivity contribution is 0.148. The van der Waals surface area contributed by atoms with Crippen molar-refractivity contribution in [1.29, 1.82) is 0 Å². The Kier molecular flexibility index (Phi) is 11.5. The van der Waals surface area contributed by atoms with Crippen molar-refractivity contribution in [2.75, 3.05) is 50.0 Å². The Balaban J connectivity index is 0.000000604. The van der Waals surface area contributed by atoms with Crippen LogP contribution < -0.4 is 4.31 Å². The molecule has 1 aromatic heterocycles. The SMILES string of the molecule is CC(C)Cn1c(C(C)(C)C)nc2cc(N(C)S(=O)CCN3CCCC3)ccc21.CCCOCC. The van der Waals surface area contributed by atoms with Crippen LogP contribution in [0.3, 0.4) is 0 Å². The number of hydrogen-bond donors (Lipinski definition) is 0. The molecule has 2 aromatic rings. The topological polar surface area (TPSA) is 50.6 Å². The molecule has 0 N–H and O–H groups in total. The van der Waals surface area contributed by atoms with Gasteiger partial charge in [0.25, 0.3) is 0 Å². The molecule has 0 spiro atoms. The maximum Gasteiger partial charge on any atom is 0.120 e. The van der Waals surface area contributed by atoms with Gasteiger partial charge in [-0.05, 0) is 63.4 Å². The molecule has 0 amide bonds. The maximum atomic E-state index is 12.8. The average molecular weight is 493 g/mol. The molecule has 1 fully saturated rings. The van der Waals surface area contributed by atoms with E-state index in [1.54, 1.807) is 0 Å². The molecule has 34 heavy (non-hydrogen) atoms. The van der Waals surface area contributed by atoms with Crippen LogP contribution in [-0.2, 0) is 27.7 Å². The third-order valence-corrected chi connectivity index (χ3v) is 7.31. The van der Waals surface area contributed by atoms with E-state index in [2.05, 4.69) is 69.2 Å². The quantitative estimate of drug-likeness (QED) is 0.404. The van der Waals surface area contributed by atoms with Crippen LogP contribution in [0.15, 0.2) is 18.2 Å². The number of imidazole rings is 1.